The monoisotopic (exact) mass is 359 g/mol. The third-order valence-electron chi connectivity index (χ3n) is 3.79. The van der Waals surface area contributed by atoms with Crippen LogP contribution in [-0.2, 0) is 0 Å². The number of allylic oxidation sites excluding steroid dienone is 1. The lowest BCUT2D eigenvalue weighted by atomic mass is 10.1. The van der Waals surface area contributed by atoms with Gasteiger partial charge >= 0.3 is 0 Å². The van der Waals surface area contributed by atoms with Crippen molar-refractivity contribution in [3.63, 3.8) is 0 Å². The number of thioether (sulfide) groups is 1. The molecule has 0 N–H and O–H groups in total. The minimum atomic E-state index is 0.861. The Morgan fingerprint density at radius 3 is 2.50 bits per heavy atom. The van der Waals surface area contributed by atoms with Crippen LogP contribution in [0.5, 0.6) is 5.75 Å². The van der Waals surface area contributed by atoms with Gasteiger partial charge in [-0.15, -0.1) is 0 Å². The summed E-state index contributed by atoms with van der Waals surface area (Å²) < 4.78 is 5.28. The maximum absolute atomic E-state index is 5.28. The molecule has 0 radical (unpaired) electrons. The molecule has 0 aliphatic rings. The van der Waals surface area contributed by atoms with Gasteiger partial charge in [0, 0.05) is 10.5 Å². The predicted molar refractivity (Wildman–Crippen MR) is 112 cm³/mol. The van der Waals surface area contributed by atoms with Crippen molar-refractivity contribution in [3.8, 4) is 5.75 Å². The number of para-hydroxylation sites is 1. The topological polar surface area (TPSA) is 21.6 Å². The Kier molecular flexibility index (Phi) is 6.29. The van der Waals surface area contributed by atoms with Crippen molar-refractivity contribution in [1.82, 2.24) is 0 Å². The van der Waals surface area contributed by atoms with E-state index in [0.717, 1.165) is 27.6 Å². The van der Waals surface area contributed by atoms with E-state index in [4.69, 9.17) is 9.73 Å². The molecule has 0 aliphatic carbocycles. The lowest BCUT2D eigenvalue weighted by Gasteiger charge is -2.05. The van der Waals surface area contributed by atoms with Crippen LogP contribution in [0.1, 0.15) is 11.1 Å². The summed E-state index contributed by atoms with van der Waals surface area (Å²) >= 11 is 1.65. The van der Waals surface area contributed by atoms with Crippen LogP contribution in [0, 0.1) is 6.92 Å². The van der Waals surface area contributed by atoms with Crippen LogP contribution in [-0.4, -0.2) is 12.8 Å². The lowest BCUT2D eigenvalue weighted by molar-refractivity contribution is 0.413. The van der Waals surface area contributed by atoms with Gasteiger partial charge in [-0.25, -0.2) is 4.99 Å². The van der Waals surface area contributed by atoms with Gasteiger partial charge in [-0.2, -0.15) is 0 Å². The quantitative estimate of drug-likeness (QED) is 0.373. The summed E-state index contributed by atoms with van der Waals surface area (Å²) in [6.45, 7) is 2.10. The van der Waals surface area contributed by atoms with E-state index in [-0.39, 0.29) is 0 Å². The molecule has 0 aromatic heterocycles. The summed E-state index contributed by atoms with van der Waals surface area (Å²) in [5.41, 5.74) is 4.21. The normalized spacial score (nSPS) is 11.7. The van der Waals surface area contributed by atoms with Gasteiger partial charge < -0.3 is 4.74 Å². The van der Waals surface area contributed by atoms with Crippen LogP contribution in [0.2, 0.25) is 0 Å². The highest BCUT2D eigenvalue weighted by Gasteiger charge is 2.02. The van der Waals surface area contributed by atoms with E-state index >= 15 is 0 Å². The van der Waals surface area contributed by atoms with E-state index in [1.165, 1.54) is 5.56 Å². The maximum atomic E-state index is 5.28. The first-order chi connectivity index (χ1) is 12.7. The van der Waals surface area contributed by atoms with Crippen molar-refractivity contribution in [1.29, 1.82) is 0 Å². The molecule has 0 amide bonds. The van der Waals surface area contributed by atoms with Gasteiger partial charge in [-0.3, -0.25) is 0 Å². The minimum absolute atomic E-state index is 0.861. The van der Waals surface area contributed by atoms with Gasteiger partial charge in [0.25, 0.3) is 0 Å². The molecule has 0 unspecified atom stereocenters. The second kappa shape index (κ2) is 9.07. The van der Waals surface area contributed by atoms with E-state index in [0.29, 0.717) is 0 Å². The van der Waals surface area contributed by atoms with Crippen LogP contribution >= 0.6 is 11.8 Å². The third kappa shape index (κ3) is 5.11. The van der Waals surface area contributed by atoms with Gasteiger partial charge in [0.2, 0.25) is 0 Å². The van der Waals surface area contributed by atoms with Crippen LogP contribution in [0.25, 0.3) is 0 Å². The molecule has 0 fully saturated rings. The third-order valence-corrected chi connectivity index (χ3v) is 4.59. The molecular weight excluding hydrogens is 338 g/mol. The number of hydrogen-bond donors (Lipinski definition) is 0. The largest absolute Gasteiger partial charge is 0.497 e. The number of hydrogen-bond acceptors (Lipinski definition) is 3. The highest BCUT2D eigenvalue weighted by molar-refractivity contribution is 8.02. The van der Waals surface area contributed by atoms with E-state index in [1.54, 1.807) is 18.9 Å². The molecular formula is C23H21NOS. The number of nitrogens with zero attached hydrogens (tertiary/aromatic N) is 1. The number of benzene rings is 3. The van der Waals surface area contributed by atoms with E-state index < -0.39 is 0 Å². The Hall–Kier alpha value is -2.78. The Balaban J connectivity index is 1.87. The second-order valence-electron chi connectivity index (χ2n) is 5.80. The first kappa shape index (κ1) is 18.0. The minimum Gasteiger partial charge on any atom is -0.497 e. The molecule has 0 bridgehead atoms. The van der Waals surface area contributed by atoms with Gasteiger partial charge in [-0.05, 0) is 54.8 Å². The van der Waals surface area contributed by atoms with Crippen LogP contribution in [0.15, 0.2) is 100 Å². The molecule has 26 heavy (non-hydrogen) atoms. The number of rotatable bonds is 6. The molecule has 130 valence electrons. The Morgan fingerprint density at radius 1 is 0.923 bits per heavy atom. The highest BCUT2D eigenvalue weighted by atomic mass is 32.2. The summed E-state index contributed by atoms with van der Waals surface area (Å²) in [6.07, 6.45) is 2.06. The zero-order valence-electron chi connectivity index (χ0n) is 14.9. The zero-order chi connectivity index (χ0) is 18.2. The van der Waals surface area contributed by atoms with Crippen molar-refractivity contribution < 1.29 is 4.74 Å². The molecule has 3 heteroatoms. The number of aliphatic imine (C=N–C) groups is 1. The van der Waals surface area contributed by atoms with E-state index in [1.807, 2.05) is 48.5 Å². The lowest BCUT2D eigenvalue weighted by Crippen LogP contribution is -1.96. The molecule has 0 saturated carbocycles. The second-order valence-corrected chi connectivity index (χ2v) is 6.78. The van der Waals surface area contributed by atoms with Gasteiger partial charge in [0.15, 0.2) is 0 Å². The van der Waals surface area contributed by atoms with E-state index in [9.17, 15) is 0 Å². The molecule has 3 aromatic carbocycles. The first-order valence-corrected chi connectivity index (χ1v) is 9.30. The highest BCUT2D eigenvalue weighted by Crippen LogP contribution is 2.24. The van der Waals surface area contributed by atoms with Crippen molar-refractivity contribution in [2.24, 2.45) is 4.99 Å². The van der Waals surface area contributed by atoms with Gasteiger partial charge in [0.05, 0.1) is 18.5 Å². The average molecular weight is 359 g/mol. The summed E-state index contributed by atoms with van der Waals surface area (Å²) in [6, 6.07) is 26.5. The Morgan fingerprint density at radius 2 is 1.73 bits per heavy atom. The summed E-state index contributed by atoms with van der Waals surface area (Å²) in [5.74, 6) is 0.861. The SMILES string of the molecule is COc1cccc(SC=CC(=Nc2ccccc2)c2cccc(C)c2)c1. The first-order valence-electron chi connectivity index (χ1n) is 8.42. The van der Waals surface area contributed by atoms with Crippen LogP contribution < -0.4 is 4.74 Å². The standard InChI is InChI=1S/C23H21NOS/c1-18-8-6-9-19(16-18)23(24-20-10-4-3-5-11-20)14-15-26-22-13-7-12-21(17-22)25-2/h3-17H,1-2H3. The number of methoxy groups -OCH3 is 1. The summed E-state index contributed by atoms with van der Waals surface area (Å²) in [4.78, 5) is 5.96. The molecule has 2 nitrogen and oxygen atoms in total. The van der Waals surface area contributed by atoms with Crippen molar-refractivity contribution >= 4 is 23.2 Å². The summed E-state index contributed by atoms with van der Waals surface area (Å²) in [7, 11) is 1.68. The maximum Gasteiger partial charge on any atom is 0.119 e. The molecule has 0 spiro atoms. The Bertz CT molecular complexity index is 916. The van der Waals surface area contributed by atoms with Gasteiger partial charge in [0.1, 0.15) is 5.75 Å². The fourth-order valence-electron chi connectivity index (χ4n) is 2.50. The molecule has 0 aliphatic heterocycles. The van der Waals surface area contributed by atoms with Crippen molar-refractivity contribution in [2.75, 3.05) is 7.11 Å². The summed E-state index contributed by atoms with van der Waals surface area (Å²) in [5, 5.41) is 2.07. The zero-order valence-corrected chi connectivity index (χ0v) is 15.7. The molecule has 3 rings (SSSR count). The number of ether oxygens (including phenoxy) is 1. The number of aryl methyl sites for hydroxylation is 1. The fourth-order valence-corrected chi connectivity index (χ4v) is 3.19. The predicted octanol–water partition coefficient (Wildman–Crippen LogP) is 6.43. The van der Waals surface area contributed by atoms with Gasteiger partial charge in [-0.1, -0.05) is 59.8 Å². The van der Waals surface area contributed by atoms with Crippen LogP contribution in [0.4, 0.5) is 5.69 Å². The fraction of sp³-hybridized carbons (Fsp3) is 0.0870. The Labute approximate surface area is 159 Å². The molecule has 0 atom stereocenters. The molecule has 3 aromatic rings. The average Bonchev–Trinajstić information content (AvgIpc) is 2.68. The molecule has 0 saturated heterocycles. The van der Waals surface area contributed by atoms with Crippen molar-refractivity contribution in [3.05, 3.63) is 101 Å². The van der Waals surface area contributed by atoms with Crippen molar-refractivity contribution in [2.45, 2.75) is 11.8 Å². The molecule has 0 heterocycles. The van der Waals surface area contributed by atoms with Crippen LogP contribution in [0.3, 0.4) is 0 Å². The smallest absolute Gasteiger partial charge is 0.119 e. The van der Waals surface area contributed by atoms with E-state index in [2.05, 4.69) is 48.7 Å².